The maximum atomic E-state index is 11.2. The Balaban J connectivity index is 2.08. The predicted octanol–water partition coefficient (Wildman–Crippen LogP) is 0.352. The maximum absolute atomic E-state index is 11.2. The summed E-state index contributed by atoms with van der Waals surface area (Å²) in [5.74, 6) is -0.400. The summed E-state index contributed by atoms with van der Waals surface area (Å²) in [5.41, 5.74) is 6.20. The van der Waals surface area contributed by atoms with Crippen LogP contribution in [0.3, 0.4) is 0 Å². The van der Waals surface area contributed by atoms with E-state index in [0.29, 0.717) is 25.2 Å². The molecule has 1 aliphatic heterocycles. The van der Waals surface area contributed by atoms with Gasteiger partial charge in [-0.25, -0.2) is 0 Å². The summed E-state index contributed by atoms with van der Waals surface area (Å²) >= 11 is 0. The first-order valence-corrected chi connectivity index (χ1v) is 5.30. The number of hydrogen-bond donors (Lipinski definition) is 2. The SMILES string of the molecule is CC1(O)CN(Cc2ccccc2C(N)=O)C1. The molecule has 4 nitrogen and oxygen atoms in total. The third-order valence-electron chi connectivity index (χ3n) is 2.81. The first kappa shape index (κ1) is 11.1. The maximum Gasteiger partial charge on any atom is 0.249 e. The molecule has 0 spiro atoms. The molecular formula is C12H16N2O2. The average Bonchev–Trinajstić information content (AvgIpc) is 2.15. The average molecular weight is 220 g/mol. The number of likely N-dealkylation sites (tertiary alicyclic amines) is 1. The monoisotopic (exact) mass is 220 g/mol. The highest BCUT2D eigenvalue weighted by Crippen LogP contribution is 2.23. The van der Waals surface area contributed by atoms with Gasteiger partial charge in [-0.15, -0.1) is 0 Å². The lowest BCUT2D eigenvalue weighted by molar-refractivity contribution is -0.0871. The van der Waals surface area contributed by atoms with Crippen LogP contribution in [0.15, 0.2) is 24.3 Å². The molecule has 1 aromatic carbocycles. The molecule has 0 bridgehead atoms. The molecule has 86 valence electrons. The molecule has 1 saturated heterocycles. The van der Waals surface area contributed by atoms with Crippen LogP contribution < -0.4 is 5.73 Å². The molecule has 1 heterocycles. The van der Waals surface area contributed by atoms with E-state index in [1.807, 2.05) is 19.1 Å². The van der Waals surface area contributed by atoms with Crippen LogP contribution >= 0.6 is 0 Å². The molecule has 3 N–H and O–H groups in total. The summed E-state index contributed by atoms with van der Waals surface area (Å²) < 4.78 is 0. The Morgan fingerprint density at radius 3 is 2.69 bits per heavy atom. The van der Waals surface area contributed by atoms with Crippen LogP contribution in [-0.4, -0.2) is 34.6 Å². The minimum Gasteiger partial charge on any atom is -0.388 e. The van der Waals surface area contributed by atoms with Gasteiger partial charge in [-0.05, 0) is 18.6 Å². The number of amides is 1. The first-order valence-electron chi connectivity index (χ1n) is 5.30. The number of β-amino-alcohol motifs (C(OH)–C–C–N with tert-alkyl or cyclic N) is 1. The lowest BCUT2D eigenvalue weighted by Crippen LogP contribution is -2.59. The molecule has 0 aromatic heterocycles. The van der Waals surface area contributed by atoms with Crippen molar-refractivity contribution in [2.24, 2.45) is 5.73 Å². The van der Waals surface area contributed by atoms with Crippen LogP contribution in [0.1, 0.15) is 22.8 Å². The number of carbonyl (C=O) groups excluding carboxylic acids is 1. The fourth-order valence-electron chi connectivity index (χ4n) is 2.17. The third-order valence-corrected chi connectivity index (χ3v) is 2.81. The molecule has 1 amide bonds. The Hall–Kier alpha value is -1.39. The van der Waals surface area contributed by atoms with Crippen molar-refractivity contribution in [2.75, 3.05) is 13.1 Å². The van der Waals surface area contributed by atoms with Crippen LogP contribution in [0.25, 0.3) is 0 Å². The van der Waals surface area contributed by atoms with E-state index in [1.54, 1.807) is 12.1 Å². The zero-order valence-electron chi connectivity index (χ0n) is 9.31. The zero-order chi connectivity index (χ0) is 11.8. The van der Waals surface area contributed by atoms with Crippen LogP contribution in [0.2, 0.25) is 0 Å². The van der Waals surface area contributed by atoms with Gasteiger partial charge in [0.15, 0.2) is 0 Å². The number of aliphatic hydroxyl groups is 1. The normalized spacial score (nSPS) is 19.1. The molecule has 0 unspecified atom stereocenters. The topological polar surface area (TPSA) is 66.6 Å². The van der Waals surface area contributed by atoms with Gasteiger partial charge in [-0.1, -0.05) is 18.2 Å². The van der Waals surface area contributed by atoms with Crippen LogP contribution in [0.4, 0.5) is 0 Å². The Morgan fingerprint density at radius 1 is 1.50 bits per heavy atom. The highest BCUT2D eigenvalue weighted by atomic mass is 16.3. The van der Waals surface area contributed by atoms with E-state index in [9.17, 15) is 9.90 Å². The van der Waals surface area contributed by atoms with E-state index in [1.165, 1.54) is 0 Å². The number of benzene rings is 1. The molecule has 2 rings (SSSR count). The molecule has 16 heavy (non-hydrogen) atoms. The van der Waals surface area contributed by atoms with Gasteiger partial charge < -0.3 is 10.8 Å². The molecule has 1 aliphatic rings. The minimum absolute atomic E-state index is 0.400. The second-order valence-electron chi connectivity index (χ2n) is 4.66. The van der Waals surface area contributed by atoms with Gasteiger partial charge in [0.1, 0.15) is 0 Å². The molecule has 0 aliphatic carbocycles. The lowest BCUT2D eigenvalue weighted by Gasteiger charge is -2.44. The van der Waals surface area contributed by atoms with E-state index in [2.05, 4.69) is 4.90 Å². The van der Waals surface area contributed by atoms with Crippen molar-refractivity contribution in [2.45, 2.75) is 19.1 Å². The van der Waals surface area contributed by atoms with E-state index in [-0.39, 0.29) is 0 Å². The van der Waals surface area contributed by atoms with Crippen LogP contribution in [-0.2, 0) is 6.54 Å². The lowest BCUT2D eigenvalue weighted by atomic mass is 9.95. The number of rotatable bonds is 3. The zero-order valence-corrected chi connectivity index (χ0v) is 9.31. The standard InChI is InChI=1S/C12H16N2O2/c1-12(16)7-14(8-12)6-9-4-2-3-5-10(9)11(13)15/h2-5,16H,6-8H2,1H3,(H2,13,15). The molecule has 0 radical (unpaired) electrons. The van der Waals surface area contributed by atoms with Crippen molar-refractivity contribution < 1.29 is 9.90 Å². The van der Waals surface area contributed by atoms with E-state index < -0.39 is 11.5 Å². The van der Waals surface area contributed by atoms with Crippen LogP contribution in [0.5, 0.6) is 0 Å². The number of primary amides is 1. The molecule has 0 saturated carbocycles. The summed E-state index contributed by atoms with van der Waals surface area (Å²) in [5, 5.41) is 9.61. The summed E-state index contributed by atoms with van der Waals surface area (Å²) in [6, 6.07) is 7.32. The van der Waals surface area contributed by atoms with Gasteiger partial charge in [-0.3, -0.25) is 9.69 Å². The van der Waals surface area contributed by atoms with Crippen LogP contribution in [0, 0.1) is 0 Å². The van der Waals surface area contributed by atoms with E-state index in [4.69, 9.17) is 5.73 Å². The number of carbonyl (C=O) groups is 1. The number of hydrogen-bond acceptors (Lipinski definition) is 3. The molecule has 0 atom stereocenters. The van der Waals surface area contributed by atoms with Gasteiger partial charge >= 0.3 is 0 Å². The quantitative estimate of drug-likeness (QED) is 0.772. The van der Waals surface area contributed by atoms with Gasteiger partial charge in [-0.2, -0.15) is 0 Å². The van der Waals surface area contributed by atoms with Crippen molar-refractivity contribution in [3.05, 3.63) is 35.4 Å². The van der Waals surface area contributed by atoms with Gasteiger partial charge in [0, 0.05) is 25.2 Å². The number of nitrogens with two attached hydrogens (primary N) is 1. The first-order chi connectivity index (χ1) is 7.48. The summed E-state index contributed by atoms with van der Waals surface area (Å²) in [6.45, 7) is 3.75. The highest BCUT2D eigenvalue weighted by Gasteiger charge is 2.36. The fourth-order valence-corrected chi connectivity index (χ4v) is 2.17. The molecule has 1 aromatic rings. The molecule has 1 fully saturated rings. The summed E-state index contributed by atoms with van der Waals surface area (Å²) in [7, 11) is 0. The third kappa shape index (κ3) is 2.23. The van der Waals surface area contributed by atoms with Crippen molar-refractivity contribution >= 4 is 5.91 Å². The van der Waals surface area contributed by atoms with Crippen molar-refractivity contribution in [1.29, 1.82) is 0 Å². The summed E-state index contributed by atoms with van der Waals surface area (Å²) in [4.78, 5) is 13.3. The van der Waals surface area contributed by atoms with Crippen molar-refractivity contribution in [3.63, 3.8) is 0 Å². The van der Waals surface area contributed by atoms with Gasteiger partial charge in [0.25, 0.3) is 0 Å². The Kier molecular flexibility index (Phi) is 2.69. The second kappa shape index (κ2) is 3.88. The smallest absolute Gasteiger partial charge is 0.249 e. The largest absolute Gasteiger partial charge is 0.388 e. The second-order valence-corrected chi connectivity index (χ2v) is 4.66. The Labute approximate surface area is 94.7 Å². The Morgan fingerprint density at radius 2 is 2.12 bits per heavy atom. The van der Waals surface area contributed by atoms with Crippen molar-refractivity contribution in [3.8, 4) is 0 Å². The van der Waals surface area contributed by atoms with Gasteiger partial charge in [0.2, 0.25) is 5.91 Å². The summed E-state index contributed by atoms with van der Waals surface area (Å²) in [6.07, 6.45) is 0. The van der Waals surface area contributed by atoms with E-state index >= 15 is 0 Å². The van der Waals surface area contributed by atoms with Crippen molar-refractivity contribution in [1.82, 2.24) is 4.90 Å². The van der Waals surface area contributed by atoms with Gasteiger partial charge in [0.05, 0.1) is 5.60 Å². The Bertz CT molecular complexity index is 407. The predicted molar refractivity (Wildman–Crippen MR) is 60.9 cm³/mol. The highest BCUT2D eigenvalue weighted by molar-refractivity contribution is 5.94. The van der Waals surface area contributed by atoms with E-state index in [0.717, 1.165) is 5.56 Å². The molecular weight excluding hydrogens is 204 g/mol. The minimum atomic E-state index is -0.582. The fraction of sp³-hybridized carbons (Fsp3) is 0.417. The molecule has 4 heteroatoms. The number of nitrogens with zero attached hydrogens (tertiary/aromatic N) is 1.